The third-order valence-electron chi connectivity index (χ3n) is 4.07. The summed E-state index contributed by atoms with van der Waals surface area (Å²) in [4.78, 5) is 4.52. The van der Waals surface area contributed by atoms with Crippen molar-refractivity contribution < 1.29 is 4.74 Å². The second-order valence-corrected chi connectivity index (χ2v) is 5.36. The van der Waals surface area contributed by atoms with Crippen LogP contribution in [-0.4, -0.2) is 11.6 Å². The van der Waals surface area contributed by atoms with Crippen LogP contribution in [0, 0.1) is 0 Å². The molecule has 1 atom stereocenters. The smallest absolute Gasteiger partial charge is 0.122 e. The molecule has 3 aromatic rings. The lowest BCUT2D eigenvalue weighted by atomic mass is 9.97. The number of hydrogen-bond acceptors (Lipinski definition) is 3. The van der Waals surface area contributed by atoms with Gasteiger partial charge in [0.05, 0.1) is 18.3 Å². The van der Waals surface area contributed by atoms with Crippen LogP contribution in [0.1, 0.15) is 22.9 Å². The first kappa shape index (κ1) is 12.4. The van der Waals surface area contributed by atoms with Gasteiger partial charge in [0, 0.05) is 18.0 Å². The predicted octanol–water partition coefficient (Wildman–Crippen LogP) is 3.22. The zero-order valence-corrected chi connectivity index (χ0v) is 11.6. The van der Waals surface area contributed by atoms with Gasteiger partial charge in [-0.25, -0.2) is 0 Å². The molecular weight excluding hydrogens is 260 g/mol. The average molecular weight is 276 g/mol. The third-order valence-corrected chi connectivity index (χ3v) is 4.07. The van der Waals surface area contributed by atoms with Crippen molar-refractivity contribution in [3.63, 3.8) is 0 Å². The summed E-state index contributed by atoms with van der Waals surface area (Å²) in [5.74, 6) is 0.983. The molecule has 3 heteroatoms. The number of benzene rings is 2. The van der Waals surface area contributed by atoms with E-state index in [1.165, 1.54) is 10.9 Å². The number of hydrogen-bond donors (Lipinski definition) is 1. The highest BCUT2D eigenvalue weighted by atomic mass is 16.5. The fourth-order valence-corrected chi connectivity index (χ4v) is 2.95. The van der Waals surface area contributed by atoms with Gasteiger partial charge in [0.25, 0.3) is 0 Å². The van der Waals surface area contributed by atoms with Gasteiger partial charge in [-0.1, -0.05) is 36.4 Å². The molecule has 104 valence electrons. The lowest BCUT2D eigenvalue weighted by Crippen LogP contribution is -2.14. The highest BCUT2D eigenvalue weighted by molar-refractivity contribution is 5.85. The van der Waals surface area contributed by atoms with E-state index in [2.05, 4.69) is 23.2 Å². The Labute approximate surface area is 123 Å². The molecular formula is C18H16N2O. The molecule has 0 aliphatic carbocycles. The lowest BCUT2D eigenvalue weighted by Gasteiger charge is -2.15. The highest BCUT2D eigenvalue weighted by Crippen LogP contribution is 2.31. The van der Waals surface area contributed by atoms with Crippen molar-refractivity contribution in [2.75, 3.05) is 6.61 Å². The third kappa shape index (κ3) is 2.06. The minimum Gasteiger partial charge on any atom is -0.493 e. The van der Waals surface area contributed by atoms with E-state index >= 15 is 0 Å². The van der Waals surface area contributed by atoms with Gasteiger partial charge >= 0.3 is 0 Å². The maximum absolute atomic E-state index is 6.47. The van der Waals surface area contributed by atoms with Crippen LogP contribution in [0.3, 0.4) is 0 Å². The van der Waals surface area contributed by atoms with Gasteiger partial charge in [-0.3, -0.25) is 4.98 Å². The maximum atomic E-state index is 6.47. The second-order valence-electron chi connectivity index (χ2n) is 5.36. The summed E-state index contributed by atoms with van der Waals surface area (Å²) in [7, 11) is 0. The van der Waals surface area contributed by atoms with Crippen molar-refractivity contribution in [2.45, 2.75) is 12.5 Å². The fourth-order valence-electron chi connectivity index (χ4n) is 2.95. The highest BCUT2D eigenvalue weighted by Gasteiger charge is 2.18. The molecule has 0 saturated heterocycles. The second kappa shape index (κ2) is 4.86. The van der Waals surface area contributed by atoms with Gasteiger partial charge in [-0.15, -0.1) is 0 Å². The van der Waals surface area contributed by atoms with E-state index in [0.29, 0.717) is 0 Å². The van der Waals surface area contributed by atoms with E-state index in [-0.39, 0.29) is 6.04 Å². The van der Waals surface area contributed by atoms with E-state index in [1.807, 2.05) is 36.5 Å². The minimum atomic E-state index is -0.220. The fraction of sp³-hybridized carbons (Fsp3) is 0.167. The van der Waals surface area contributed by atoms with Gasteiger partial charge < -0.3 is 10.5 Å². The van der Waals surface area contributed by atoms with Crippen LogP contribution in [0.15, 0.2) is 54.7 Å². The Bertz CT molecular complexity index is 808. The van der Waals surface area contributed by atoms with Crippen molar-refractivity contribution in [3.8, 4) is 5.75 Å². The number of ether oxygens (including phenoxy) is 1. The Morgan fingerprint density at radius 1 is 1.10 bits per heavy atom. The normalized spacial score (nSPS) is 14.7. The van der Waals surface area contributed by atoms with Crippen LogP contribution < -0.4 is 10.5 Å². The molecule has 1 aromatic heterocycles. The lowest BCUT2D eigenvalue weighted by molar-refractivity contribution is 0.357. The van der Waals surface area contributed by atoms with Crippen molar-refractivity contribution in [2.24, 2.45) is 5.73 Å². The number of pyridine rings is 1. The minimum absolute atomic E-state index is 0.220. The van der Waals surface area contributed by atoms with Crippen LogP contribution >= 0.6 is 0 Å². The average Bonchev–Trinajstić information content (AvgIpc) is 3.01. The van der Waals surface area contributed by atoms with Gasteiger partial charge in [-0.2, -0.15) is 0 Å². The molecule has 0 saturated carbocycles. The zero-order chi connectivity index (χ0) is 14.2. The van der Waals surface area contributed by atoms with Crippen LogP contribution in [0.25, 0.3) is 10.8 Å². The van der Waals surface area contributed by atoms with Gasteiger partial charge in [-0.05, 0) is 28.6 Å². The van der Waals surface area contributed by atoms with Crippen LogP contribution in [0.4, 0.5) is 0 Å². The predicted molar refractivity (Wildman–Crippen MR) is 83.4 cm³/mol. The van der Waals surface area contributed by atoms with Gasteiger partial charge in [0.2, 0.25) is 0 Å². The summed E-state index contributed by atoms with van der Waals surface area (Å²) in [6.45, 7) is 0.764. The molecule has 2 N–H and O–H groups in total. The van der Waals surface area contributed by atoms with E-state index in [9.17, 15) is 0 Å². The molecule has 21 heavy (non-hydrogen) atoms. The molecule has 3 nitrogen and oxygen atoms in total. The molecule has 1 aliphatic heterocycles. The molecule has 0 bridgehead atoms. The Kier molecular flexibility index (Phi) is 2.86. The first-order valence-corrected chi connectivity index (χ1v) is 7.18. The summed E-state index contributed by atoms with van der Waals surface area (Å²) >= 11 is 0. The Balaban J connectivity index is 1.81. The molecule has 1 unspecified atom stereocenters. The molecule has 2 aromatic carbocycles. The Morgan fingerprint density at radius 2 is 2.00 bits per heavy atom. The molecule has 0 radical (unpaired) electrons. The largest absolute Gasteiger partial charge is 0.493 e. The maximum Gasteiger partial charge on any atom is 0.122 e. The van der Waals surface area contributed by atoms with Crippen molar-refractivity contribution in [1.82, 2.24) is 4.98 Å². The number of nitrogens with two attached hydrogens (primary N) is 1. The van der Waals surface area contributed by atoms with Crippen molar-refractivity contribution in [3.05, 3.63) is 71.5 Å². The molecule has 0 spiro atoms. The Hall–Kier alpha value is -2.39. The molecule has 2 heterocycles. The summed E-state index contributed by atoms with van der Waals surface area (Å²) in [6.07, 6.45) is 2.78. The van der Waals surface area contributed by atoms with E-state index in [1.54, 1.807) is 0 Å². The molecule has 0 amide bonds. The number of aromatic nitrogens is 1. The van der Waals surface area contributed by atoms with Crippen molar-refractivity contribution >= 4 is 10.8 Å². The number of rotatable bonds is 2. The first-order valence-electron chi connectivity index (χ1n) is 7.18. The molecule has 1 aliphatic rings. The van der Waals surface area contributed by atoms with Gasteiger partial charge in [0.1, 0.15) is 5.75 Å². The summed E-state index contributed by atoms with van der Waals surface area (Å²) in [5.41, 5.74) is 9.72. The van der Waals surface area contributed by atoms with E-state index in [4.69, 9.17) is 10.5 Å². The summed E-state index contributed by atoms with van der Waals surface area (Å²) in [5, 5.41) is 2.28. The molecule has 0 fully saturated rings. The topological polar surface area (TPSA) is 48.1 Å². The standard InChI is InChI=1S/C18H16N2O/c19-17(14-5-6-16-13(11-14)8-10-21-16)18-15-4-2-1-3-12(15)7-9-20-18/h1-7,9,11,17H,8,10,19H2. The van der Waals surface area contributed by atoms with Crippen LogP contribution in [0.2, 0.25) is 0 Å². The van der Waals surface area contributed by atoms with E-state index in [0.717, 1.165) is 35.4 Å². The van der Waals surface area contributed by atoms with Gasteiger partial charge in [0.15, 0.2) is 0 Å². The SMILES string of the molecule is NC(c1ccc2c(c1)CCO2)c1nccc2ccccc12. The van der Waals surface area contributed by atoms with E-state index < -0.39 is 0 Å². The van der Waals surface area contributed by atoms with Crippen LogP contribution in [-0.2, 0) is 6.42 Å². The van der Waals surface area contributed by atoms with Crippen molar-refractivity contribution in [1.29, 1.82) is 0 Å². The number of nitrogens with zero attached hydrogens (tertiary/aromatic N) is 1. The zero-order valence-electron chi connectivity index (χ0n) is 11.6. The summed E-state index contributed by atoms with van der Waals surface area (Å²) < 4.78 is 5.55. The summed E-state index contributed by atoms with van der Waals surface area (Å²) in [6, 6.07) is 16.2. The monoisotopic (exact) mass is 276 g/mol. The molecule has 4 rings (SSSR count). The first-order chi connectivity index (χ1) is 10.3. The number of fused-ring (bicyclic) bond motifs is 2. The quantitative estimate of drug-likeness (QED) is 0.781. The Morgan fingerprint density at radius 3 is 2.95 bits per heavy atom. The van der Waals surface area contributed by atoms with Crippen LogP contribution in [0.5, 0.6) is 5.75 Å².